The van der Waals surface area contributed by atoms with Crippen LogP contribution in [0.4, 0.5) is 0 Å². The van der Waals surface area contributed by atoms with Crippen LogP contribution in [0.1, 0.15) is 80.3 Å². The Bertz CT molecular complexity index is 1280. The topological polar surface area (TPSA) is 24.4 Å². The predicted octanol–water partition coefficient (Wildman–Crippen LogP) is 9.64. The van der Waals surface area contributed by atoms with Gasteiger partial charge in [-0.1, -0.05) is 119 Å². The van der Waals surface area contributed by atoms with E-state index in [9.17, 15) is 0 Å². The Morgan fingerprint density at radius 3 is 2.15 bits per heavy atom. The number of fused-ring (bicyclic) bond motifs is 1. The summed E-state index contributed by atoms with van der Waals surface area (Å²) >= 11 is 0. The lowest BCUT2D eigenvalue weighted by Crippen LogP contribution is -2.34. The minimum Gasteiger partial charge on any atom is -0.381 e. The lowest BCUT2D eigenvalue weighted by Gasteiger charge is -2.32. The Kier molecular flexibility index (Phi) is 13.8. The molecule has 1 aliphatic heterocycles. The van der Waals surface area contributed by atoms with E-state index in [4.69, 9.17) is 0 Å². The van der Waals surface area contributed by atoms with Crippen molar-refractivity contribution in [2.75, 3.05) is 7.05 Å². The van der Waals surface area contributed by atoms with Crippen LogP contribution >= 0.6 is 0 Å². The molecule has 1 heterocycles. The molecule has 0 saturated carbocycles. The van der Waals surface area contributed by atoms with Gasteiger partial charge in [-0.15, -0.1) is 0 Å². The standard InChI is InChI=1S/C19H21N.C16H21N.C2H6/c1-15-9-4-6-11-17(15)12-8-14-19(20-3)18-13-7-5-10-16(18)2;1-4-5-6-11-16-15-10-8-7-9-14(15)12(2)13(3)17-16;1-2/h4-11,13-14H,12H2,1-3H3;5-13,17H,4H2,1-3H3;1-2H3/b14-8-,20-19?;6-5-,16-11-;. The van der Waals surface area contributed by atoms with Crippen LogP contribution in [-0.2, 0) is 6.42 Å². The molecule has 3 aromatic carbocycles. The van der Waals surface area contributed by atoms with E-state index in [1.165, 1.54) is 39.1 Å². The van der Waals surface area contributed by atoms with E-state index in [-0.39, 0.29) is 0 Å². The monoisotopic (exact) mass is 520 g/mol. The molecule has 0 amide bonds. The van der Waals surface area contributed by atoms with Crippen LogP contribution in [0.3, 0.4) is 0 Å². The first kappa shape index (κ1) is 31.6. The van der Waals surface area contributed by atoms with Gasteiger partial charge < -0.3 is 5.32 Å². The first-order valence-corrected chi connectivity index (χ1v) is 14.4. The molecule has 39 heavy (non-hydrogen) atoms. The lowest BCUT2D eigenvalue weighted by molar-refractivity contribution is 0.534. The van der Waals surface area contributed by atoms with Crippen molar-refractivity contribution in [1.82, 2.24) is 5.32 Å². The third-order valence-electron chi connectivity index (χ3n) is 7.05. The Hall–Kier alpha value is -3.65. The van der Waals surface area contributed by atoms with Gasteiger partial charge in [-0.3, -0.25) is 4.99 Å². The van der Waals surface area contributed by atoms with Crippen LogP contribution in [0, 0.1) is 13.8 Å². The first-order valence-electron chi connectivity index (χ1n) is 14.4. The van der Waals surface area contributed by atoms with Crippen LogP contribution < -0.4 is 5.32 Å². The molecule has 2 atom stereocenters. The van der Waals surface area contributed by atoms with Gasteiger partial charge >= 0.3 is 0 Å². The number of aliphatic imine (C=N–C) groups is 1. The van der Waals surface area contributed by atoms with Crippen LogP contribution in [0.2, 0.25) is 0 Å². The quantitative estimate of drug-likeness (QED) is 0.321. The Morgan fingerprint density at radius 2 is 1.49 bits per heavy atom. The van der Waals surface area contributed by atoms with Crippen molar-refractivity contribution in [3.8, 4) is 0 Å². The summed E-state index contributed by atoms with van der Waals surface area (Å²) in [7, 11) is 1.85. The highest BCUT2D eigenvalue weighted by Crippen LogP contribution is 2.32. The van der Waals surface area contributed by atoms with Crippen molar-refractivity contribution in [3.63, 3.8) is 0 Å². The Labute approximate surface area is 238 Å². The molecule has 0 bridgehead atoms. The van der Waals surface area contributed by atoms with Crippen molar-refractivity contribution in [1.29, 1.82) is 0 Å². The normalized spacial score (nSPS) is 17.6. The zero-order valence-electron chi connectivity index (χ0n) is 25.3. The van der Waals surface area contributed by atoms with Gasteiger partial charge in [0, 0.05) is 35.8 Å². The maximum absolute atomic E-state index is 4.40. The molecule has 206 valence electrons. The van der Waals surface area contributed by atoms with Crippen molar-refractivity contribution in [2.24, 2.45) is 4.99 Å². The zero-order valence-corrected chi connectivity index (χ0v) is 25.3. The zero-order chi connectivity index (χ0) is 28.6. The Balaban J connectivity index is 0.000000260. The van der Waals surface area contributed by atoms with Crippen molar-refractivity contribution in [2.45, 2.75) is 73.3 Å². The maximum atomic E-state index is 4.40. The third kappa shape index (κ3) is 9.25. The maximum Gasteiger partial charge on any atom is 0.0642 e. The summed E-state index contributed by atoms with van der Waals surface area (Å²) < 4.78 is 0. The molecule has 2 nitrogen and oxygen atoms in total. The minimum absolute atomic E-state index is 0.492. The molecule has 0 saturated heterocycles. The number of allylic oxidation sites excluding steroid dienone is 5. The molecule has 1 aliphatic rings. The van der Waals surface area contributed by atoms with E-state index < -0.39 is 0 Å². The van der Waals surface area contributed by atoms with Gasteiger partial charge in [-0.05, 0) is 68.0 Å². The molecule has 0 aliphatic carbocycles. The summed E-state index contributed by atoms with van der Waals surface area (Å²) in [5.41, 5.74) is 10.2. The molecule has 3 aromatic rings. The second-order valence-corrected chi connectivity index (χ2v) is 9.68. The Morgan fingerprint density at radius 1 is 0.846 bits per heavy atom. The highest BCUT2D eigenvalue weighted by Gasteiger charge is 2.24. The van der Waals surface area contributed by atoms with E-state index >= 15 is 0 Å². The van der Waals surface area contributed by atoms with Crippen molar-refractivity contribution >= 4 is 11.4 Å². The molecule has 0 aromatic heterocycles. The summed E-state index contributed by atoms with van der Waals surface area (Å²) in [6.07, 6.45) is 12.8. The number of rotatable bonds is 6. The molecule has 0 spiro atoms. The molecule has 2 heteroatoms. The second-order valence-electron chi connectivity index (χ2n) is 9.68. The van der Waals surface area contributed by atoms with Crippen LogP contribution in [0.5, 0.6) is 0 Å². The van der Waals surface area contributed by atoms with Gasteiger partial charge in [0.1, 0.15) is 0 Å². The molecule has 4 rings (SSSR count). The average Bonchev–Trinajstić information content (AvgIpc) is 2.97. The lowest BCUT2D eigenvalue weighted by atomic mass is 9.85. The summed E-state index contributed by atoms with van der Waals surface area (Å²) in [5, 5.41) is 3.59. The fraction of sp³-hybridized carbons (Fsp3) is 0.324. The van der Waals surface area contributed by atoms with Gasteiger partial charge in [0.15, 0.2) is 0 Å². The second kappa shape index (κ2) is 17.0. The molecule has 0 radical (unpaired) electrons. The van der Waals surface area contributed by atoms with Gasteiger partial charge in [0.2, 0.25) is 0 Å². The van der Waals surface area contributed by atoms with Gasteiger partial charge in [0.05, 0.1) is 5.71 Å². The number of aryl methyl sites for hydroxylation is 2. The highest BCUT2D eigenvalue weighted by atomic mass is 14.9. The fourth-order valence-electron chi connectivity index (χ4n) is 4.58. The van der Waals surface area contributed by atoms with Crippen LogP contribution in [0.15, 0.2) is 108 Å². The molecule has 0 fully saturated rings. The molecular weight excluding hydrogens is 472 g/mol. The van der Waals surface area contributed by atoms with Gasteiger partial charge in [0.25, 0.3) is 0 Å². The predicted molar refractivity (Wildman–Crippen MR) is 174 cm³/mol. The molecule has 2 unspecified atom stereocenters. The number of nitrogens with zero attached hydrogens (tertiary/aromatic N) is 1. The average molecular weight is 521 g/mol. The fourth-order valence-corrected chi connectivity index (χ4v) is 4.58. The van der Waals surface area contributed by atoms with E-state index in [1.54, 1.807) is 0 Å². The summed E-state index contributed by atoms with van der Waals surface area (Å²) in [6, 6.07) is 26.0. The molecule has 1 N–H and O–H groups in total. The summed E-state index contributed by atoms with van der Waals surface area (Å²) in [6.45, 7) is 15.0. The van der Waals surface area contributed by atoms with Gasteiger partial charge in [-0.2, -0.15) is 0 Å². The van der Waals surface area contributed by atoms with Crippen molar-refractivity contribution in [3.05, 3.63) is 137 Å². The van der Waals surface area contributed by atoms with E-state index in [1.807, 2.05) is 20.9 Å². The largest absolute Gasteiger partial charge is 0.381 e. The van der Waals surface area contributed by atoms with Gasteiger partial charge in [-0.25, -0.2) is 0 Å². The number of benzene rings is 3. The SMILES string of the molecule is CC.CC/C=C\C=C1/NC(C)C(C)c2ccccc21.CN=C(/C=C\Cc1ccccc1C)c1ccccc1C. The van der Waals surface area contributed by atoms with E-state index in [0.29, 0.717) is 12.0 Å². The minimum atomic E-state index is 0.492. The number of hydrogen-bond acceptors (Lipinski definition) is 2. The number of nitrogens with one attached hydrogen (secondary N) is 1. The van der Waals surface area contributed by atoms with E-state index in [0.717, 1.165) is 18.6 Å². The van der Waals surface area contributed by atoms with Crippen molar-refractivity contribution < 1.29 is 0 Å². The summed E-state index contributed by atoms with van der Waals surface area (Å²) in [5.74, 6) is 0.568. The van der Waals surface area contributed by atoms with Crippen LogP contribution in [0.25, 0.3) is 5.70 Å². The first-order chi connectivity index (χ1) is 19.0. The number of hydrogen-bond donors (Lipinski definition) is 1. The molecular formula is C37H48N2. The third-order valence-corrected chi connectivity index (χ3v) is 7.05. The highest BCUT2D eigenvalue weighted by molar-refractivity contribution is 6.09. The van der Waals surface area contributed by atoms with E-state index in [2.05, 4.69) is 148 Å². The van der Waals surface area contributed by atoms with Crippen LogP contribution in [-0.4, -0.2) is 18.8 Å². The summed E-state index contributed by atoms with van der Waals surface area (Å²) in [4.78, 5) is 4.40. The smallest absolute Gasteiger partial charge is 0.0642 e.